The Morgan fingerprint density at radius 3 is 2.33 bits per heavy atom. The van der Waals surface area contributed by atoms with E-state index in [1.807, 2.05) is 0 Å². The molecule has 33 heavy (non-hydrogen) atoms. The molecule has 0 atom stereocenters. The molecule has 6 nitrogen and oxygen atoms in total. The number of benzene rings is 2. The highest BCUT2D eigenvalue weighted by molar-refractivity contribution is 7.17. The highest BCUT2D eigenvalue weighted by atomic mass is 32.1. The molecule has 1 fully saturated rings. The van der Waals surface area contributed by atoms with E-state index in [0.29, 0.717) is 0 Å². The fourth-order valence-corrected chi connectivity index (χ4v) is 5.09. The molecule has 170 valence electrons. The van der Waals surface area contributed by atoms with Crippen LogP contribution in [0, 0.1) is 6.92 Å². The lowest BCUT2D eigenvalue weighted by Gasteiger charge is -2.35. The minimum Gasteiger partial charge on any atom is -0.368 e. The van der Waals surface area contributed by atoms with Gasteiger partial charge >= 0.3 is 0 Å². The van der Waals surface area contributed by atoms with Crippen molar-refractivity contribution in [3.8, 4) is 5.13 Å². The third kappa shape index (κ3) is 5.26. The number of piperazine rings is 1. The van der Waals surface area contributed by atoms with Crippen molar-refractivity contribution in [1.29, 1.82) is 0 Å². The number of hydrogen-bond donors (Lipinski definition) is 1. The molecular formula is C26H30N6S. The Morgan fingerprint density at radius 1 is 0.818 bits per heavy atom. The van der Waals surface area contributed by atoms with Crippen LogP contribution in [0.15, 0.2) is 72.9 Å². The molecule has 1 aliphatic rings. The Balaban J connectivity index is 1.15. The fourth-order valence-electron chi connectivity index (χ4n) is 4.18. The van der Waals surface area contributed by atoms with Gasteiger partial charge < -0.3 is 15.1 Å². The summed E-state index contributed by atoms with van der Waals surface area (Å²) >= 11 is 1.67. The minimum absolute atomic E-state index is 0.809. The molecule has 1 N–H and O–H groups in total. The lowest BCUT2D eigenvalue weighted by Crippen LogP contribution is -2.46. The zero-order valence-electron chi connectivity index (χ0n) is 19.0. The molecule has 1 saturated heterocycles. The van der Waals surface area contributed by atoms with E-state index in [1.165, 1.54) is 22.5 Å². The topological polar surface area (TPSA) is 49.2 Å². The van der Waals surface area contributed by atoms with Gasteiger partial charge in [0, 0.05) is 50.3 Å². The molecule has 0 bridgehead atoms. The van der Waals surface area contributed by atoms with E-state index in [0.717, 1.165) is 56.0 Å². The van der Waals surface area contributed by atoms with Crippen LogP contribution in [0.25, 0.3) is 5.13 Å². The zero-order valence-corrected chi connectivity index (χ0v) is 19.8. The Bertz CT molecular complexity index is 1140. The first-order valence-electron chi connectivity index (χ1n) is 11.6. The molecule has 0 radical (unpaired) electrons. The lowest BCUT2D eigenvalue weighted by molar-refractivity contribution is 0.649. The third-order valence-corrected chi connectivity index (χ3v) is 7.11. The number of rotatable bonds is 8. The standard InChI is InChI=1S/C26H30N6S/c1-21-9-11-22(12-10-21)13-14-27-20-24-8-5-15-32(24)26-29-28-25(33-26)31-18-16-30(17-19-31)23-6-3-2-4-7-23/h2-12,15,27H,13-14,16-20H2,1H3. The summed E-state index contributed by atoms with van der Waals surface area (Å²) in [5.74, 6) is 0. The van der Waals surface area contributed by atoms with Gasteiger partial charge in [-0.25, -0.2) is 0 Å². The smallest absolute Gasteiger partial charge is 0.218 e. The predicted molar refractivity (Wildman–Crippen MR) is 137 cm³/mol. The van der Waals surface area contributed by atoms with Gasteiger partial charge in [0.2, 0.25) is 10.3 Å². The van der Waals surface area contributed by atoms with Gasteiger partial charge in [-0.3, -0.25) is 4.57 Å². The van der Waals surface area contributed by atoms with Crippen LogP contribution in [0.2, 0.25) is 0 Å². The van der Waals surface area contributed by atoms with Crippen molar-refractivity contribution in [3.05, 3.63) is 89.7 Å². The van der Waals surface area contributed by atoms with E-state index in [-0.39, 0.29) is 0 Å². The molecule has 0 unspecified atom stereocenters. The van der Waals surface area contributed by atoms with Crippen LogP contribution in [0.4, 0.5) is 10.8 Å². The molecule has 0 spiro atoms. The first kappa shape index (κ1) is 21.7. The van der Waals surface area contributed by atoms with Crippen molar-refractivity contribution in [2.24, 2.45) is 0 Å². The van der Waals surface area contributed by atoms with E-state index in [9.17, 15) is 0 Å². The quantitative estimate of drug-likeness (QED) is 0.399. The van der Waals surface area contributed by atoms with Crippen LogP contribution in [0.5, 0.6) is 0 Å². The molecule has 5 rings (SSSR count). The van der Waals surface area contributed by atoms with E-state index in [2.05, 4.69) is 110 Å². The van der Waals surface area contributed by atoms with Gasteiger partial charge in [-0.2, -0.15) is 0 Å². The highest BCUT2D eigenvalue weighted by Crippen LogP contribution is 2.26. The average Bonchev–Trinajstić information content (AvgIpc) is 3.53. The zero-order chi connectivity index (χ0) is 22.5. The molecule has 0 saturated carbocycles. The molecule has 4 aromatic rings. The van der Waals surface area contributed by atoms with E-state index in [1.54, 1.807) is 11.3 Å². The summed E-state index contributed by atoms with van der Waals surface area (Å²) in [6, 6.07) is 23.6. The maximum atomic E-state index is 4.51. The van der Waals surface area contributed by atoms with Crippen LogP contribution >= 0.6 is 11.3 Å². The van der Waals surface area contributed by atoms with E-state index < -0.39 is 0 Å². The van der Waals surface area contributed by atoms with Gasteiger partial charge in [-0.15, -0.1) is 10.2 Å². The van der Waals surface area contributed by atoms with Crippen molar-refractivity contribution in [2.45, 2.75) is 19.9 Å². The van der Waals surface area contributed by atoms with Crippen molar-refractivity contribution in [3.63, 3.8) is 0 Å². The number of hydrogen-bond acceptors (Lipinski definition) is 6. The second kappa shape index (κ2) is 10.2. The van der Waals surface area contributed by atoms with E-state index >= 15 is 0 Å². The Kier molecular flexibility index (Phi) is 6.69. The van der Waals surface area contributed by atoms with Gasteiger partial charge in [-0.05, 0) is 49.7 Å². The summed E-state index contributed by atoms with van der Waals surface area (Å²) in [7, 11) is 0. The van der Waals surface area contributed by atoms with Crippen LogP contribution in [-0.2, 0) is 13.0 Å². The molecular weight excluding hydrogens is 428 g/mol. The van der Waals surface area contributed by atoms with Crippen molar-refractivity contribution < 1.29 is 0 Å². The van der Waals surface area contributed by atoms with Crippen molar-refractivity contribution in [2.75, 3.05) is 42.5 Å². The maximum Gasteiger partial charge on any atom is 0.218 e. The summed E-state index contributed by atoms with van der Waals surface area (Å²) in [4.78, 5) is 4.79. The second-order valence-electron chi connectivity index (χ2n) is 8.46. The minimum atomic E-state index is 0.809. The Morgan fingerprint density at radius 2 is 1.55 bits per heavy atom. The van der Waals surface area contributed by atoms with Gasteiger partial charge in [0.1, 0.15) is 0 Å². The molecule has 1 aliphatic heterocycles. The molecule has 7 heteroatoms. The molecule has 3 heterocycles. The van der Waals surface area contributed by atoms with Crippen LogP contribution in [-0.4, -0.2) is 47.5 Å². The Hall–Kier alpha value is -3.16. The summed E-state index contributed by atoms with van der Waals surface area (Å²) in [5.41, 5.74) is 5.17. The van der Waals surface area contributed by atoms with Gasteiger partial charge in [0.25, 0.3) is 0 Å². The monoisotopic (exact) mass is 458 g/mol. The summed E-state index contributed by atoms with van der Waals surface area (Å²) < 4.78 is 2.15. The first-order valence-corrected chi connectivity index (χ1v) is 12.4. The molecule has 0 amide bonds. The number of anilines is 2. The van der Waals surface area contributed by atoms with Crippen molar-refractivity contribution >= 4 is 22.2 Å². The number of aryl methyl sites for hydroxylation is 1. The Labute approximate surface area is 199 Å². The largest absolute Gasteiger partial charge is 0.368 e. The number of aromatic nitrogens is 3. The maximum absolute atomic E-state index is 4.51. The summed E-state index contributed by atoms with van der Waals surface area (Å²) in [6.45, 7) is 7.80. The van der Waals surface area contributed by atoms with Crippen molar-refractivity contribution in [1.82, 2.24) is 20.1 Å². The molecule has 0 aliphatic carbocycles. The van der Waals surface area contributed by atoms with Gasteiger partial charge in [0.15, 0.2) is 0 Å². The average molecular weight is 459 g/mol. The number of nitrogens with one attached hydrogen (secondary N) is 1. The van der Waals surface area contributed by atoms with Gasteiger partial charge in [0.05, 0.1) is 0 Å². The number of nitrogens with zero attached hydrogens (tertiary/aromatic N) is 5. The third-order valence-electron chi connectivity index (χ3n) is 6.13. The summed E-state index contributed by atoms with van der Waals surface area (Å²) in [5, 5.41) is 14.5. The normalized spacial score (nSPS) is 14.1. The SMILES string of the molecule is Cc1ccc(CCNCc2cccn2-c2nnc(N3CCN(c4ccccc4)CC3)s2)cc1. The van der Waals surface area contributed by atoms with Crippen LogP contribution in [0.1, 0.15) is 16.8 Å². The van der Waals surface area contributed by atoms with E-state index in [4.69, 9.17) is 0 Å². The molecule has 2 aromatic heterocycles. The number of para-hydroxylation sites is 1. The van der Waals surface area contributed by atoms with Gasteiger partial charge in [-0.1, -0.05) is 59.4 Å². The lowest BCUT2D eigenvalue weighted by atomic mass is 10.1. The first-order chi connectivity index (χ1) is 16.3. The van der Waals surface area contributed by atoms with Crippen LogP contribution < -0.4 is 15.1 Å². The fraction of sp³-hybridized carbons (Fsp3) is 0.308. The van der Waals surface area contributed by atoms with Crippen LogP contribution in [0.3, 0.4) is 0 Å². The predicted octanol–water partition coefficient (Wildman–Crippen LogP) is 4.30. The molecule has 2 aromatic carbocycles. The second-order valence-corrected chi connectivity index (χ2v) is 9.39. The highest BCUT2D eigenvalue weighted by Gasteiger charge is 2.21. The summed E-state index contributed by atoms with van der Waals surface area (Å²) in [6.07, 6.45) is 3.10.